The molecule has 2 rings (SSSR count). The number of carbonyl (C=O) groups is 1. The summed E-state index contributed by atoms with van der Waals surface area (Å²) in [5.41, 5.74) is 1.03. The number of nitrogens with one attached hydrogen (secondary N) is 2. The van der Waals surface area contributed by atoms with Crippen LogP contribution in [-0.2, 0) is 0 Å². The van der Waals surface area contributed by atoms with E-state index in [0.29, 0.717) is 17.1 Å². The molecule has 0 saturated carbocycles. The fraction of sp³-hybridized carbons (Fsp3) is 0.143. The Morgan fingerprint density at radius 2 is 2.14 bits per heavy atom. The van der Waals surface area contributed by atoms with Crippen LogP contribution in [0.5, 0.6) is 0 Å². The Kier molecular flexibility index (Phi) is 4.69. The molecule has 0 fully saturated rings. The molecule has 0 radical (unpaired) electrons. The molecule has 0 aliphatic rings. The molecule has 7 heteroatoms. The molecule has 6 nitrogen and oxygen atoms in total. The third-order valence-corrected chi connectivity index (χ3v) is 2.92. The highest BCUT2D eigenvalue weighted by atomic mass is 35.5. The molecule has 1 aromatic carbocycles. The minimum atomic E-state index is -0.397. The highest BCUT2D eigenvalue weighted by Gasteiger charge is 2.10. The van der Waals surface area contributed by atoms with E-state index in [9.17, 15) is 4.79 Å². The minimum Gasteiger partial charge on any atom is -0.369 e. The molecule has 0 aliphatic carbocycles. The third kappa shape index (κ3) is 3.68. The highest BCUT2D eigenvalue weighted by Crippen LogP contribution is 2.20. The van der Waals surface area contributed by atoms with Gasteiger partial charge in [-0.2, -0.15) is 5.26 Å². The quantitative estimate of drug-likeness (QED) is 0.906. The van der Waals surface area contributed by atoms with Crippen molar-refractivity contribution in [3.63, 3.8) is 0 Å². The lowest BCUT2D eigenvalue weighted by Gasteiger charge is -2.06. The smallest absolute Gasteiger partial charge is 0.276 e. The van der Waals surface area contributed by atoms with Crippen LogP contribution < -0.4 is 10.6 Å². The predicted molar refractivity (Wildman–Crippen MR) is 80.3 cm³/mol. The first-order chi connectivity index (χ1) is 10.1. The summed E-state index contributed by atoms with van der Waals surface area (Å²) in [6.07, 6.45) is 0. The number of aromatic nitrogens is 2. The lowest BCUT2D eigenvalue weighted by atomic mass is 10.2. The Hall–Kier alpha value is -2.65. The van der Waals surface area contributed by atoms with Crippen molar-refractivity contribution < 1.29 is 4.79 Å². The molecule has 0 unspecified atom stereocenters. The zero-order valence-electron chi connectivity index (χ0n) is 11.2. The summed E-state index contributed by atoms with van der Waals surface area (Å²) >= 11 is 5.90. The van der Waals surface area contributed by atoms with Crippen molar-refractivity contribution in [3.8, 4) is 6.07 Å². The van der Waals surface area contributed by atoms with Crippen molar-refractivity contribution in [1.82, 2.24) is 10.2 Å². The molecule has 2 aromatic rings. The van der Waals surface area contributed by atoms with E-state index in [2.05, 4.69) is 20.8 Å². The normalized spacial score (nSPS) is 9.76. The second-order valence-corrected chi connectivity index (χ2v) is 4.50. The van der Waals surface area contributed by atoms with E-state index in [4.69, 9.17) is 16.9 Å². The van der Waals surface area contributed by atoms with Crippen molar-refractivity contribution >= 4 is 29.0 Å². The molecular weight excluding hydrogens is 290 g/mol. The largest absolute Gasteiger partial charge is 0.369 e. The summed E-state index contributed by atoms with van der Waals surface area (Å²) in [5, 5.41) is 22.4. The first kappa shape index (κ1) is 14.8. The number of hydrogen-bond donors (Lipinski definition) is 2. The van der Waals surface area contributed by atoms with Gasteiger partial charge in [0.05, 0.1) is 10.6 Å². The Labute approximate surface area is 126 Å². The van der Waals surface area contributed by atoms with Gasteiger partial charge in [-0.15, -0.1) is 10.2 Å². The van der Waals surface area contributed by atoms with Gasteiger partial charge in [-0.3, -0.25) is 4.79 Å². The monoisotopic (exact) mass is 301 g/mol. The number of nitrogens with zero attached hydrogens (tertiary/aromatic N) is 3. The number of carbonyl (C=O) groups excluding carboxylic acids is 1. The molecular formula is C14H12ClN5O. The van der Waals surface area contributed by atoms with Gasteiger partial charge in [0.2, 0.25) is 0 Å². The summed E-state index contributed by atoms with van der Waals surface area (Å²) in [5.74, 6) is 0.210. The molecule has 106 valence electrons. The predicted octanol–water partition coefficient (Wildman–Crippen LogP) is 2.69. The average molecular weight is 302 g/mol. The van der Waals surface area contributed by atoms with Crippen molar-refractivity contribution in [3.05, 3.63) is 46.6 Å². The van der Waals surface area contributed by atoms with Crippen LogP contribution in [0.15, 0.2) is 30.3 Å². The van der Waals surface area contributed by atoms with E-state index in [1.54, 1.807) is 18.2 Å². The Morgan fingerprint density at radius 3 is 2.71 bits per heavy atom. The number of anilines is 2. The van der Waals surface area contributed by atoms with Gasteiger partial charge in [0, 0.05) is 12.2 Å². The van der Waals surface area contributed by atoms with Crippen LogP contribution in [0.1, 0.15) is 23.0 Å². The Bertz CT molecular complexity index is 694. The van der Waals surface area contributed by atoms with Gasteiger partial charge < -0.3 is 10.6 Å². The van der Waals surface area contributed by atoms with Crippen molar-refractivity contribution in [1.29, 1.82) is 5.26 Å². The number of benzene rings is 1. The fourth-order valence-electron chi connectivity index (χ4n) is 1.61. The van der Waals surface area contributed by atoms with E-state index < -0.39 is 5.91 Å². The highest BCUT2D eigenvalue weighted by molar-refractivity contribution is 6.32. The van der Waals surface area contributed by atoms with E-state index in [-0.39, 0.29) is 10.7 Å². The summed E-state index contributed by atoms with van der Waals surface area (Å²) < 4.78 is 0. The molecule has 1 amide bonds. The number of hydrogen-bond acceptors (Lipinski definition) is 5. The molecule has 0 aliphatic heterocycles. The number of rotatable bonds is 4. The van der Waals surface area contributed by atoms with Gasteiger partial charge in [0.25, 0.3) is 5.91 Å². The van der Waals surface area contributed by atoms with Gasteiger partial charge in [-0.1, -0.05) is 11.6 Å². The maximum Gasteiger partial charge on any atom is 0.276 e. The van der Waals surface area contributed by atoms with Gasteiger partial charge in [-0.05, 0) is 37.3 Å². The minimum absolute atomic E-state index is 0.192. The second-order valence-electron chi connectivity index (χ2n) is 4.09. The van der Waals surface area contributed by atoms with Crippen LogP contribution in [-0.4, -0.2) is 22.6 Å². The van der Waals surface area contributed by atoms with E-state index in [1.165, 1.54) is 12.1 Å². The van der Waals surface area contributed by atoms with Gasteiger partial charge in [0.1, 0.15) is 11.9 Å². The third-order valence-electron chi connectivity index (χ3n) is 2.60. The first-order valence-electron chi connectivity index (χ1n) is 6.22. The van der Waals surface area contributed by atoms with Crippen LogP contribution in [0.25, 0.3) is 0 Å². The first-order valence-corrected chi connectivity index (χ1v) is 6.60. The zero-order chi connectivity index (χ0) is 15.2. The summed E-state index contributed by atoms with van der Waals surface area (Å²) in [6, 6.07) is 9.86. The van der Waals surface area contributed by atoms with Crippen molar-refractivity contribution in [2.75, 3.05) is 17.2 Å². The maximum absolute atomic E-state index is 12.0. The lowest BCUT2D eigenvalue weighted by Crippen LogP contribution is -2.15. The lowest BCUT2D eigenvalue weighted by molar-refractivity contribution is 0.102. The van der Waals surface area contributed by atoms with Crippen LogP contribution in [0.3, 0.4) is 0 Å². The standard InChI is InChI=1S/C14H12ClN5O/c1-2-17-13-6-5-12(19-20-13)14(21)18-10-4-3-9(8-16)11(15)7-10/h3-7H,2H2,1H3,(H,17,20)(H,18,21). The molecule has 1 heterocycles. The summed E-state index contributed by atoms with van der Waals surface area (Å²) in [7, 11) is 0. The van der Waals surface area contributed by atoms with Gasteiger partial charge in [0.15, 0.2) is 5.69 Å². The van der Waals surface area contributed by atoms with Crippen LogP contribution >= 0.6 is 11.6 Å². The molecule has 0 spiro atoms. The van der Waals surface area contributed by atoms with Crippen molar-refractivity contribution in [2.24, 2.45) is 0 Å². The molecule has 0 atom stereocenters. The van der Waals surface area contributed by atoms with E-state index in [1.807, 2.05) is 13.0 Å². The van der Waals surface area contributed by atoms with Crippen LogP contribution in [0.2, 0.25) is 5.02 Å². The topological polar surface area (TPSA) is 90.7 Å². The molecule has 0 bridgehead atoms. The maximum atomic E-state index is 12.0. The molecule has 21 heavy (non-hydrogen) atoms. The fourth-order valence-corrected chi connectivity index (χ4v) is 1.83. The summed E-state index contributed by atoms with van der Waals surface area (Å²) in [4.78, 5) is 12.0. The molecule has 1 aromatic heterocycles. The Morgan fingerprint density at radius 1 is 1.33 bits per heavy atom. The van der Waals surface area contributed by atoms with Crippen LogP contribution in [0, 0.1) is 11.3 Å². The second kappa shape index (κ2) is 6.68. The number of amides is 1. The molecule has 2 N–H and O–H groups in total. The van der Waals surface area contributed by atoms with E-state index in [0.717, 1.165) is 6.54 Å². The van der Waals surface area contributed by atoms with Crippen molar-refractivity contribution in [2.45, 2.75) is 6.92 Å². The SMILES string of the molecule is CCNc1ccc(C(=O)Nc2ccc(C#N)c(Cl)c2)nn1. The number of halogens is 1. The summed E-state index contributed by atoms with van der Waals surface area (Å²) in [6.45, 7) is 2.67. The molecule has 0 saturated heterocycles. The van der Waals surface area contributed by atoms with Gasteiger partial charge >= 0.3 is 0 Å². The van der Waals surface area contributed by atoms with E-state index >= 15 is 0 Å². The van der Waals surface area contributed by atoms with Crippen LogP contribution in [0.4, 0.5) is 11.5 Å². The zero-order valence-corrected chi connectivity index (χ0v) is 12.0. The van der Waals surface area contributed by atoms with Gasteiger partial charge in [-0.25, -0.2) is 0 Å². The Balaban J connectivity index is 2.10. The average Bonchev–Trinajstić information content (AvgIpc) is 2.48. The number of nitriles is 1.